The number of aldehydes is 2. The monoisotopic (exact) mass is 204 g/mol. The van der Waals surface area contributed by atoms with Gasteiger partial charge in [0.1, 0.15) is 19.2 Å². The molecule has 7 heteroatoms. The number of aliphatic carboxylic acids is 2. The molecule has 0 saturated heterocycles. The highest BCUT2D eigenvalue weighted by molar-refractivity contribution is 6.03. The Hall–Kier alpha value is -1.76. The standard InChI is InChI=1S/C7H8O7/c8-2-1-7(5(10)11,6(12)13)14-4-3-9/h2-3H,1,4H2,(H,10,11)(H,12,13). The van der Waals surface area contributed by atoms with Gasteiger partial charge in [0.25, 0.3) is 5.60 Å². The fraction of sp³-hybridized carbons (Fsp3) is 0.429. The maximum atomic E-state index is 10.6. The number of carboxylic acid groups (broad SMARTS) is 2. The summed E-state index contributed by atoms with van der Waals surface area (Å²) < 4.78 is 4.34. The van der Waals surface area contributed by atoms with E-state index in [4.69, 9.17) is 10.2 Å². The zero-order valence-corrected chi connectivity index (χ0v) is 7.00. The van der Waals surface area contributed by atoms with Gasteiger partial charge in [0, 0.05) is 0 Å². The summed E-state index contributed by atoms with van der Waals surface area (Å²) in [5.41, 5.74) is -2.66. The lowest BCUT2D eigenvalue weighted by molar-refractivity contribution is -0.184. The van der Waals surface area contributed by atoms with Gasteiger partial charge in [0.2, 0.25) is 0 Å². The summed E-state index contributed by atoms with van der Waals surface area (Å²) in [6.07, 6.45) is -0.552. The van der Waals surface area contributed by atoms with Crippen LogP contribution in [0.4, 0.5) is 0 Å². The molecule has 0 radical (unpaired) electrons. The highest BCUT2D eigenvalue weighted by atomic mass is 16.6. The van der Waals surface area contributed by atoms with E-state index >= 15 is 0 Å². The quantitative estimate of drug-likeness (QED) is 0.390. The van der Waals surface area contributed by atoms with E-state index in [2.05, 4.69) is 4.74 Å². The molecular formula is C7H8O7. The molecule has 7 nitrogen and oxygen atoms in total. The van der Waals surface area contributed by atoms with Crippen LogP contribution in [0.15, 0.2) is 0 Å². The summed E-state index contributed by atoms with van der Waals surface area (Å²) in [4.78, 5) is 41.2. The van der Waals surface area contributed by atoms with Crippen molar-refractivity contribution in [3.8, 4) is 0 Å². The van der Waals surface area contributed by atoms with Gasteiger partial charge >= 0.3 is 11.9 Å². The van der Waals surface area contributed by atoms with Crippen LogP contribution in [0.25, 0.3) is 0 Å². The highest BCUT2D eigenvalue weighted by Crippen LogP contribution is 2.15. The Kier molecular flexibility index (Phi) is 4.44. The van der Waals surface area contributed by atoms with Crippen molar-refractivity contribution in [2.45, 2.75) is 12.0 Å². The Morgan fingerprint density at radius 1 is 1.14 bits per heavy atom. The van der Waals surface area contributed by atoms with Gasteiger partial charge in [-0.3, -0.25) is 0 Å². The maximum absolute atomic E-state index is 10.6. The Bertz CT molecular complexity index is 243. The second-order valence-corrected chi connectivity index (χ2v) is 2.29. The molecular weight excluding hydrogens is 196 g/mol. The van der Waals surface area contributed by atoms with Crippen molar-refractivity contribution in [2.24, 2.45) is 0 Å². The van der Waals surface area contributed by atoms with E-state index in [1.807, 2.05) is 0 Å². The summed E-state index contributed by atoms with van der Waals surface area (Å²) in [5, 5.41) is 17.1. The van der Waals surface area contributed by atoms with Gasteiger partial charge in [-0.1, -0.05) is 0 Å². The van der Waals surface area contributed by atoms with E-state index in [-0.39, 0.29) is 12.6 Å². The van der Waals surface area contributed by atoms with Crippen molar-refractivity contribution >= 4 is 24.5 Å². The third kappa shape index (κ3) is 2.36. The van der Waals surface area contributed by atoms with Gasteiger partial charge in [0.05, 0.1) is 6.42 Å². The Morgan fingerprint density at radius 2 is 1.64 bits per heavy atom. The molecule has 0 bridgehead atoms. The van der Waals surface area contributed by atoms with E-state index in [1.165, 1.54) is 0 Å². The first kappa shape index (κ1) is 12.2. The Balaban J connectivity index is 4.92. The molecule has 0 heterocycles. The Labute approximate surface area is 78.3 Å². The lowest BCUT2D eigenvalue weighted by atomic mass is 10.0. The lowest BCUT2D eigenvalue weighted by Crippen LogP contribution is -2.49. The number of rotatable bonds is 7. The minimum absolute atomic E-state index is 0.104. The summed E-state index contributed by atoms with van der Waals surface area (Å²) in [6, 6.07) is 0. The van der Waals surface area contributed by atoms with Crippen LogP contribution in [0.5, 0.6) is 0 Å². The van der Waals surface area contributed by atoms with Crippen molar-refractivity contribution in [3.63, 3.8) is 0 Å². The molecule has 0 aliphatic carbocycles. The number of carbonyl (C=O) groups excluding carboxylic acids is 2. The van der Waals surface area contributed by atoms with E-state index in [0.29, 0.717) is 0 Å². The molecule has 0 atom stereocenters. The van der Waals surface area contributed by atoms with Gasteiger partial charge in [-0.2, -0.15) is 0 Å². The molecule has 0 aliphatic rings. The Morgan fingerprint density at radius 3 is 1.93 bits per heavy atom. The molecule has 14 heavy (non-hydrogen) atoms. The molecule has 0 aromatic carbocycles. The van der Waals surface area contributed by atoms with Crippen molar-refractivity contribution in [3.05, 3.63) is 0 Å². The fourth-order valence-corrected chi connectivity index (χ4v) is 0.742. The van der Waals surface area contributed by atoms with Gasteiger partial charge in [0.15, 0.2) is 0 Å². The average Bonchev–Trinajstić information content (AvgIpc) is 2.11. The van der Waals surface area contributed by atoms with Crippen LogP contribution < -0.4 is 0 Å². The highest BCUT2D eigenvalue weighted by Gasteiger charge is 2.47. The molecule has 78 valence electrons. The number of hydrogen-bond acceptors (Lipinski definition) is 5. The van der Waals surface area contributed by atoms with E-state index in [1.54, 1.807) is 0 Å². The summed E-state index contributed by atoms with van der Waals surface area (Å²) in [7, 11) is 0. The number of carboxylic acids is 2. The molecule has 2 N–H and O–H groups in total. The number of carbonyl (C=O) groups is 4. The summed E-state index contributed by atoms with van der Waals surface area (Å²) >= 11 is 0. The first-order valence-electron chi connectivity index (χ1n) is 3.49. The largest absolute Gasteiger partial charge is 0.479 e. The van der Waals surface area contributed by atoms with E-state index in [0.717, 1.165) is 0 Å². The van der Waals surface area contributed by atoms with Crippen LogP contribution in [0.3, 0.4) is 0 Å². The molecule has 0 aliphatic heterocycles. The predicted molar refractivity (Wildman–Crippen MR) is 40.7 cm³/mol. The second-order valence-electron chi connectivity index (χ2n) is 2.29. The minimum Gasteiger partial charge on any atom is -0.479 e. The van der Waals surface area contributed by atoms with Crippen LogP contribution in [0.1, 0.15) is 6.42 Å². The number of hydrogen-bond donors (Lipinski definition) is 2. The first-order valence-corrected chi connectivity index (χ1v) is 3.49. The normalized spacial score (nSPS) is 10.6. The lowest BCUT2D eigenvalue weighted by Gasteiger charge is -2.21. The number of ether oxygens (including phenoxy) is 1. The van der Waals surface area contributed by atoms with Gasteiger partial charge in [-0.25, -0.2) is 9.59 Å². The van der Waals surface area contributed by atoms with Gasteiger partial charge < -0.3 is 24.5 Å². The van der Waals surface area contributed by atoms with Crippen LogP contribution in [-0.2, 0) is 23.9 Å². The molecule has 0 aromatic rings. The summed E-state index contributed by atoms with van der Waals surface area (Å²) in [5.74, 6) is -3.64. The smallest absolute Gasteiger partial charge is 0.348 e. The molecule has 0 spiro atoms. The first-order chi connectivity index (χ1) is 6.51. The predicted octanol–water partition coefficient (Wildman–Crippen LogP) is -1.30. The SMILES string of the molecule is O=CCOC(CC=O)(C(=O)O)C(=O)O. The van der Waals surface area contributed by atoms with Crippen LogP contribution in [0.2, 0.25) is 0 Å². The maximum Gasteiger partial charge on any atom is 0.348 e. The molecule has 0 saturated carbocycles. The van der Waals surface area contributed by atoms with Crippen LogP contribution in [0, 0.1) is 0 Å². The minimum atomic E-state index is -2.66. The van der Waals surface area contributed by atoms with Crippen LogP contribution >= 0.6 is 0 Å². The second kappa shape index (κ2) is 5.07. The molecule has 0 amide bonds. The average molecular weight is 204 g/mol. The third-order valence-electron chi connectivity index (χ3n) is 1.46. The molecule has 0 aromatic heterocycles. The van der Waals surface area contributed by atoms with Crippen molar-refractivity contribution in [1.82, 2.24) is 0 Å². The van der Waals surface area contributed by atoms with E-state index < -0.39 is 30.6 Å². The van der Waals surface area contributed by atoms with Crippen LogP contribution in [-0.4, -0.2) is 46.9 Å². The zero-order valence-electron chi connectivity index (χ0n) is 7.00. The summed E-state index contributed by atoms with van der Waals surface area (Å²) in [6.45, 7) is -0.702. The van der Waals surface area contributed by atoms with Crippen molar-refractivity contribution in [1.29, 1.82) is 0 Å². The fourth-order valence-electron chi connectivity index (χ4n) is 0.742. The molecule has 0 fully saturated rings. The van der Waals surface area contributed by atoms with Crippen molar-refractivity contribution < 1.29 is 34.1 Å². The van der Waals surface area contributed by atoms with Gasteiger partial charge in [-0.15, -0.1) is 0 Å². The molecule has 0 unspecified atom stereocenters. The molecule has 0 rings (SSSR count). The zero-order chi connectivity index (χ0) is 11.2. The van der Waals surface area contributed by atoms with E-state index in [9.17, 15) is 19.2 Å². The van der Waals surface area contributed by atoms with Crippen molar-refractivity contribution in [2.75, 3.05) is 6.61 Å². The topological polar surface area (TPSA) is 118 Å². The van der Waals surface area contributed by atoms with Gasteiger partial charge in [-0.05, 0) is 0 Å². The third-order valence-corrected chi connectivity index (χ3v) is 1.46.